The van der Waals surface area contributed by atoms with E-state index in [1.807, 2.05) is 0 Å². The number of ether oxygens (including phenoxy) is 1. The van der Waals surface area contributed by atoms with Crippen LogP contribution in [0.1, 0.15) is 27.7 Å². The van der Waals surface area contributed by atoms with E-state index in [1.165, 1.54) is 27.5 Å². The third kappa shape index (κ3) is 6.25. The first-order valence-electron chi connectivity index (χ1n) is 8.77. The molecule has 0 aliphatic carbocycles. The third-order valence-corrected chi connectivity index (χ3v) is 4.60. The molecule has 0 aromatic rings. The SMILES string of the molecule is CN=C(C(OC(F)F)=C(N)C(F)(F)C(F)(F)F)N1CC([B]OC(C)(C)C(C)(C)O)C=N1. The van der Waals surface area contributed by atoms with Gasteiger partial charge in [-0.25, -0.2) is 5.01 Å². The number of rotatable bonds is 8. The van der Waals surface area contributed by atoms with E-state index in [4.69, 9.17) is 10.4 Å². The minimum Gasteiger partial charge on any atom is -0.432 e. The highest BCUT2D eigenvalue weighted by molar-refractivity contribution is 6.36. The van der Waals surface area contributed by atoms with Crippen LogP contribution in [0, 0.1) is 0 Å². The fourth-order valence-electron chi connectivity index (χ4n) is 2.04. The second-order valence-corrected chi connectivity index (χ2v) is 7.57. The van der Waals surface area contributed by atoms with Gasteiger partial charge in [-0.3, -0.25) is 4.99 Å². The van der Waals surface area contributed by atoms with Gasteiger partial charge in [0.05, 0.1) is 11.2 Å². The van der Waals surface area contributed by atoms with Crippen LogP contribution < -0.4 is 5.73 Å². The molecule has 0 saturated heterocycles. The number of alkyl halides is 7. The molecule has 31 heavy (non-hydrogen) atoms. The third-order valence-electron chi connectivity index (χ3n) is 4.60. The van der Waals surface area contributed by atoms with E-state index < -0.39 is 53.0 Å². The van der Waals surface area contributed by atoms with Crippen LogP contribution in [0.15, 0.2) is 21.6 Å². The summed E-state index contributed by atoms with van der Waals surface area (Å²) >= 11 is 0. The van der Waals surface area contributed by atoms with Crippen molar-refractivity contribution in [3.05, 3.63) is 11.5 Å². The summed E-state index contributed by atoms with van der Waals surface area (Å²) in [5, 5.41) is 14.6. The summed E-state index contributed by atoms with van der Waals surface area (Å²) in [5.74, 6) is -8.84. The molecule has 1 radical (unpaired) electrons. The second kappa shape index (κ2) is 9.22. The molecule has 0 fully saturated rings. The lowest BCUT2D eigenvalue weighted by Gasteiger charge is -2.38. The molecule has 0 bridgehead atoms. The van der Waals surface area contributed by atoms with Crippen molar-refractivity contribution in [3.63, 3.8) is 0 Å². The van der Waals surface area contributed by atoms with Gasteiger partial charge in [0.15, 0.2) is 11.6 Å². The highest BCUT2D eigenvalue weighted by atomic mass is 19.4. The van der Waals surface area contributed by atoms with Crippen LogP contribution in [0.5, 0.6) is 0 Å². The molecule has 15 heteroatoms. The van der Waals surface area contributed by atoms with Gasteiger partial charge in [-0.05, 0) is 27.7 Å². The van der Waals surface area contributed by atoms with Crippen LogP contribution in [-0.4, -0.2) is 73.2 Å². The molecule has 0 saturated carbocycles. The van der Waals surface area contributed by atoms with Crippen molar-refractivity contribution < 1.29 is 45.2 Å². The van der Waals surface area contributed by atoms with E-state index in [1.54, 1.807) is 13.8 Å². The van der Waals surface area contributed by atoms with Crippen LogP contribution in [0.25, 0.3) is 0 Å². The Bertz CT molecular complexity index is 734. The zero-order valence-electron chi connectivity index (χ0n) is 17.3. The van der Waals surface area contributed by atoms with Crippen LogP contribution in [-0.2, 0) is 9.39 Å². The topological polar surface area (TPSA) is 92.7 Å². The minimum absolute atomic E-state index is 0.227. The number of hydrogen-bond acceptors (Lipinski definition) is 6. The predicted molar refractivity (Wildman–Crippen MR) is 98.8 cm³/mol. The number of aliphatic hydroxyl groups is 1. The Kier molecular flexibility index (Phi) is 8.04. The van der Waals surface area contributed by atoms with Crippen LogP contribution >= 0.6 is 0 Å². The number of allylic oxidation sites excluding steroid dienone is 1. The normalized spacial score (nSPS) is 19.7. The average Bonchev–Trinajstić information content (AvgIpc) is 3.05. The first kappa shape index (κ1) is 27.0. The average molecular weight is 463 g/mol. The van der Waals surface area contributed by atoms with Gasteiger partial charge in [0.1, 0.15) is 5.70 Å². The Morgan fingerprint density at radius 2 is 1.77 bits per heavy atom. The number of nitrogens with zero attached hydrogens (tertiary/aromatic N) is 3. The largest absolute Gasteiger partial charge is 0.459 e. The summed E-state index contributed by atoms with van der Waals surface area (Å²) in [4.78, 5) is 3.46. The molecule has 0 aromatic heterocycles. The summed E-state index contributed by atoms with van der Waals surface area (Å²) < 4.78 is 100. The van der Waals surface area contributed by atoms with Gasteiger partial charge in [-0.1, -0.05) is 0 Å². The number of amidine groups is 1. The van der Waals surface area contributed by atoms with Gasteiger partial charge in [0, 0.05) is 25.6 Å². The first-order chi connectivity index (χ1) is 13.8. The Balaban J connectivity index is 3.14. The molecule has 3 N–H and O–H groups in total. The molecule has 1 heterocycles. The molecule has 1 atom stereocenters. The van der Waals surface area contributed by atoms with Gasteiger partial charge in [-0.2, -0.15) is 35.8 Å². The lowest BCUT2D eigenvalue weighted by molar-refractivity contribution is -0.266. The second-order valence-electron chi connectivity index (χ2n) is 7.57. The Morgan fingerprint density at radius 3 is 2.19 bits per heavy atom. The van der Waals surface area contributed by atoms with Crippen molar-refractivity contribution in [2.24, 2.45) is 15.8 Å². The molecular weight excluding hydrogens is 440 g/mol. The highest BCUT2D eigenvalue weighted by Crippen LogP contribution is 2.41. The summed E-state index contributed by atoms with van der Waals surface area (Å²) in [6, 6.07) is 0. The molecule has 1 aliphatic rings. The number of nitrogens with two attached hydrogens (primary N) is 1. The number of hydrogen-bond donors (Lipinski definition) is 2. The van der Waals surface area contributed by atoms with Gasteiger partial charge < -0.3 is 20.2 Å². The zero-order valence-corrected chi connectivity index (χ0v) is 17.3. The standard InChI is InChI=1S/C16H23BF7N4O3/c1-13(2,29)14(3,4)31-17-8-6-27-28(7-8)11(26-5)9(30-12(18)19)10(25)15(20,21)16(22,23)24/h6,8,12,29H,7,25H2,1-5H3. The van der Waals surface area contributed by atoms with Crippen LogP contribution in [0.4, 0.5) is 30.7 Å². The number of halogens is 7. The lowest BCUT2D eigenvalue weighted by atomic mass is 9.78. The van der Waals surface area contributed by atoms with Gasteiger partial charge in [-0.15, -0.1) is 0 Å². The van der Waals surface area contributed by atoms with Crippen LogP contribution in [0.3, 0.4) is 0 Å². The van der Waals surface area contributed by atoms with Crippen molar-refractivity contribution in [1.82, 2.24) is 5.01 Å². The predicted octanol–water partition coefficient (Wildman–Crippen LogP) is 2.90. The Hall–Kier alpha value is -2.03. The van der Waals surface area contributed by atoms with Crippen molar-refractivity contribution in [1.29, 1.82) is 0 Å². The maximum atomic E-state index is 13.7. The zero-order chi connectivity index (χ0) is 24.4. The van der Waals surface area contributed by atoms with E-state index in [0.717, 1.165) is 12.1 Å². The molecular formula is C16H23BF7N4O3. The molecule has 1 unspecified atom stereocenters. The number of aliphatic imine (C=N–C) groups is 1. The van der Waals surface area contributed by atoms with Gasteiger partial charge >= 0.3 is 26.2 Å². The monoisotopic (exact) mass is 463 g/mol. The highest BCUT2D eigenvalue weighted by Gasteiger charge is 2.61. The molecule has 1 rings (SSSR count). The van der Waals surface area contributed by atoms with Gasteiger partial charge in [0.2, 0.25) is 0 Å². The van der Waals surface area contributed by atoms with Crippen molar-refractivity contribution in [2.75, 3.05) is 13.6 Å². The van der Waals surface area contributed by atoms with Crippen molar-refractivity contribution >= 4 is 19.5 Å². The van der Waals surface area contributed by atoms with E-state index in [9.17, 15) is 35.8 Å². The summed E-state index contributed by atoms with van der Waals surface area (Å²) in [5.41, 5.74) is 0.302. The smallest absolute Gasteiger partial charge is 0.432 e. The maximum Gasteiger partial charge on any atom is 0.459 e. The summed E-state index contributed by atoms with van der Waals surface area (Å²) in [7, 11) is 2.20. The van der Waals surface area contributed by atoms with Crippen molar-refractivity contribution in [3.8, 4) is 0 Å². The molecule has 7 nitrogen and oxygen atoms in total. The fourth-order valence-corrected chi connectivity index (χ4v) is 2.04. The lowest BCUT2D eigenvalue weighted by Crippen LogP contribution is -2.48. The Labute approximate surface area is 175 Å². The first-order valence-corrected chi connectivity index (χ1v) is 8.77. The van der Waals surface area contributed by atoms with Crippen molar-refractivity contribution in [2.45, 2.75) is 63.4 Å². The van der Waals surface area contributed by atoms with E-state index in [0.29, 0.717) is 0 Å². The quantitative estimate of drug-likeness (QED) is 0.190. The summed E-state index contributed by atoms with van der Waals surface area (Å²) in [6.07, 6.45) is -4.95. The molecule has 0 amide bonds. The molecule has 0 spiro atoms. The molecule has 1 aliphatic heterocycles. The summed E-state index contributed by atoms with van der Waals surface area (Å²) in [6.45, 7) is 2.18. The Morgan fingerprint density at radius 1 is 1.23 bits per heavy atom. The van der Waals surface area contributed by atoms with Crippen LogP contribution in [0.2, 0.25) is 5.82 Å². The van der Waals surface area contributed by atoms with E-state index in [-0.39, 0.29) is 6.54 Å². The molecule has 0 aromatic carbocycles. The fraction of sp³-hybridized carbons (Fsp3) is 0.750. The molecule has 177 valence electrons. The number of hydrazone groups is 1. The maximum absolute atomic E-state index is 13.7. The van der Waals surface area contributed by atoms with E-state index in [2.05, 4.69) is 14.8 Å². The van der Waals surface area contributed by atoms with E-state index >= 15 is 0 Å². The van der Waals surface area contributed by atoms with Gasteiger partial charge in [0.25, 0.3) is 0 Å². The minimum atomic E-state index is -6.16.